The Bertz CT molecular complexity index is 1180. The van der Waals surface area contributed by atoms with Crippen LogP contribution in [0.5, 0.6) is 0 Å². The summed E-state index contributed by atoms with van der Waals surface area (Å²) in [7, 11) is 0. The maximum absolute atomic E-state index is 13.7. The number of fused-ring (bicyclic) bond motifs is 1. The Labute approximate surface area is 237 Å². The fourth-order valence-corrected chi connectivity index (χ4v) is 6.26. The fraction of sp³-hybridized carbons (Fsp3) is 0.485. The Hall–Kier alpha value is -3.45. The van der Waals surface area contributed by atoms with E-state index >= 15 is 0 Å². The molecule has 3 amide bonds. The van der Waals surface area contributed by atoms with Crippen molar-refractivity contribution in [2.24, 2.45) is 11.3 Å². The number of likely N-dealkylation sites (tertiary alicyclic amines) is 1. The lowest BCUT2D eigenvalue weighted by atomic mass is 9.75. The van der Waals surface area contributed by atoms with Crippen molar-refractivity contribution in [2.75, 3.05) is 26.3 Å². The van der Waals surface area contributed by atoms with Gasteiger partial charge in [0.15, 0.2) is 0 Å². The molecule has 0 bridgehead atoms. The highest BCUT2D eigenvalue weighted by Crippen LogP contribution is 2.36. The first-order valence-corrected chi connectivity index (χ1v) is 14.7. The molecule has 5 rings (SSSR count). The molecule has 3 aliphatic heterocycles. The lowest BCUT2D eigenvalue weighted by Crippen LogP contribution is -2.58. The van der Waals surface area contributed by atoms with Gasteiger partial charge in [-0.3, -0.25) is 14.4 Å². The maximum atomic E-state index is 13.7. The zero-order valence-corrected chi connectivity index (χ0v) is 23.2. The number of allylic oxidation sites excluding steroid dienone is 2. The van der Waals surface area contributed by atoms with Crippen LogP contribution in [0.15, 0.2) is 72.8 Å². The molecule has 0 radical (unpaired) electrons. The summed E-state index contributed by atoms with van der Waals surface area (Å²) in [5.74, 6) is 0.0715. The highest BCUT2D eigenvalue weighted by Gasteiger charge is 2.41. The number of nitrogens with zero attached hydrogens (tertiary/aromatic N) is 1. The predicted molar refractivity (Wildman–Crippen MR) is 154 cm³/mol. The van der Waals surface area contributed by atoms with E-state index in [0.717, 1.165) is 18.4 Å². The summed E-state index contributed by atoms with van der Waals surface area (Å²) in [5.41, 5.74) is 1.60. The van der Waals surface area contributed by atoms with Crippen LogP contribution in [0.1, 0.15) is 49.7 Å². The Morgan fingerprint density at radius 3 is 2.35 bits per heavy atom. The molecule has 1 spiro atoms. The molecule has 2 saturated heterocycles. The van der Waals surface area contributed by atoms with Gasteiger partial charge in [0.2, 0.25) is 17.7 Å². The Morgan fingerprint density at radius 2 is 1.62 bits per heavy atom. The molecule has 2 aromatic carbocycles. The molecule has 212 valence electrons. The van der Waals surface area contributed by atoms with Crippen LogP contribution in [0.4, 0.5) is 0 Å². The van der Waals surface area contributed by atoms with Gasteiger partial charge in [0, 0.05) is 51.1 Å². The van der Waals surface area contributed by atoms with E-state index in [2.05, 4.69) is 34.9 Å². The van der Waals surface area contributed by atoms with Crippen molar-refractivity contribution in [1.82, 2.24) is 15.5 Å². The van der Waals surface area contributed by atoms with Gasteiger partial charge in [-0.15, -0.1) is 0 Å². The van der Waals surface area contributed by atoms with Crippen LogP contribution in [-0.2, 0) is 32.0 Å². The number of nitrogens with one attached hydrogen (secondary N) is 2. The average Bonchev–Trinajstić information content (AvgIpc) is 2.99. The number of carbonyl (C=O) groups excluding carboxylic acids is 3. The molecular weight excluding hydrogens is 502 g/mol. The summed E-state index contributed by atoms with van der Waals surface area (Å²) in [6.07, 6.45) is 9.29. The minimum Gasteiger partial charge on any atom is -0.381 e. The largest absolute Gasteiger partial charge is 0.381 e. The van der Waals surface area contributed by atoms with Gasteiger partial charge in [-0.2, -0.15) is 0 Å². The van der Waals surface area contributed by atoms with Crippen LogP contribution < -0.4 is 10.6 Å². The van der Waals surface area contributed by atoms with E-state index in [-0.39, 0.29) is 29.7 Å². The molecule has 40 heavy (non-hydrogen) atoms. The third-order valence-electron chi connectivity index (χ3n) is 8.83. The number of hydrogen-bond donors (Lipinski definition) is 2. The van der Waals surface area contributed by atoms with Gasteiger partial charge in [0.1, 0.15) is 6.04 Å². The number of hydrogen-bond acceptors (Lipinski definition) is 4. The molecule has 2 fully saturated rings. The third kappa shape index (κ3) is 7.00. The van der Waals surface area contributed by atoms with Crippen LogP contribution in [0.3, 0.4) is 0 Å². The Balaban J connectivity index is 1.32. The molecule has 7 heteroatoms. The first kappa shape index (κ1) is 28.1. The summed E-state index contributed by atoms with van der Waals surface area (Å²) in [6.45, 7) is 2.33. The SMILES string of the molecule is O=C1N[C@H]2CCN(C(=O)CCc3ccccc3)C[C@H]2C/C=C/CC2(CCOCC2)C(=O)N[C@@H]1Cc1ccccc1. The normalized spacial score (nSPS) is 26.0. The van der Waals surface area contributed by atoms with Gasteiger partial charge in [-0.1, -0.05) is 72.8 Å². The van der Waals surface area contributed by atoms with Gasteiger partial charge in [0.25, 0.3) is 0 Å². The quantitative estimate of drug-likeness (QED) is 0.562. The molecule has 0 aromatic heterocycles. The van der Waals surface area contributed by atoms with Crippen LogP contribution in [0.25, 0.3) is 0 Å². The van der Waals surface area contributed by atoms with Crippen molar-refractivity contribution >= 4 is 17.7 Å². The van der Waals surface area contributed by atoms with Crippen molar-refractivity contribution in [2.45, 2.75) is 63.5 Å². The maximum Gasteiger partial charge on any atom is 0.243 e. The lowest BCUT2D eigenvalue weighted by molar-refractivity contribution is -0.140. The van der Waals surface area contributed by atoms with Gasteiger partial charge >= 0.3 is 0 Å². The average molecular weight is 544 g/mol. The lowest BCUT2D eigenvalue weighted by Gasteiger charge is -2.40. The van der Waals surface area contributed by atoms with Crippen molar-refractivity contribution in [3.05, 3.63) is 83.9 Å². The van der Waals surface area contributed by atoms with E-state index < -0.39 is 11.5 Å². The Kier molecular flexibility index (Phi) is 9.32. The third-order valence-corrected chi connectivity index (χ3v) is 8.83. The first-order valence-electron chi connectivity index (χ1n) is 14.7. The number of benzene rings is 2. The highest BCUT2D eigenvalue weighted by molar-refractivity contribution is 5.90. The van der Waals surface area contributed by atoms with E-state index in [0.29, 0.717) is 64.8 Å². The summed E-state index contributed by atoms with van der Waals surface area (Å²) in [5, 5.41) is 6.43. The van der Waals surface area contributed by atoms with Crippen molar-refractivity contribution in [1.29, 1.82) is 0 Å². The molecule has 0 saturated carbocycles. The monoisotopic (exact) mass is 543 g/mol. The standard InChI is InChI=1S/C33H41N3O4/c37-30(15-14-25-9-3-1-4-10-25)36-20-16-28-27(24-36)13-7-8-17-33(18-21-40-22-19-33)32(39)35-29(31(38)34-28)23-26-11-5-2-6-12-26/h1-12,27-29H,13-24H2,(H,34,38)(H,35,39)/b8-7+/t27-,28+,29-/m1/s1. The van der Waals surface area contributed by atoms with E-state index in [4.69, 9.17) is 4.74 Å². The summed E-state index contributed by atoms with van der Waals surface area (Å²) in [4.78, 5) is 42.5. The van der Waals surface area contributed by atoms with Crippen LogP contribution >= 0.6 is 0 Å². The van der Waals surface area contributed by atoms with E-state index in [1.807, 2.05) is 53.4 Å². The second kappa shape index (κ2) is 13.3. The number of piperidine rings is 1. The molecule has 0 aliphatic carbocycles. The van der Waals surface area contributed by atoms with E-state index in [9.17, 15) is 14.4 Å². The molecule has 3 atom stereocenters. The number of carbonyl (C=O) groups is 3. The summed E-state index contributed by atoms with van der Waals surface area (Å²) in [6, 6.07) is 19.2. The van der Waals surface area contributed by atoms with Gasteiger partial charge in [-0.25, -0.2) is 0 Å². The van der Waals surface area contributed by atoms with Gasteiger partial charge in [-0.05, 0) is 49.7 Å². The second-order valence-electron chi connectivity index (χ2n) is 11.5. The van der Waals surface area contributed by atoms with Crippen LogP contribution in [-0.4, -0.2) is 61.0 Å². The van der Waals surface area contributed by atoms with E-state index in [1.54, 1.807) is 0 Å². The summed E-state index contributed by atoms with van der Waals surface area (Å²) < 4.78 is 5.59. The predicted octanol–water partition coefficient (Wildman–Crippen LogP) is 3.83. The fourth-order valence-electron chi connectivity index (χ4n) is 6.26. The second-order valence-corrected chi connectivity index (χ2v) is 11.5. The Morgan fingerprint density at radius 1 is 0.925 bits per heavy atom. The molecule has 7 nitrogen and oxygen atoms in total. The topological polar surface area (TPSA) is 87.7 Å². The minimum absolute atomic E-state index is 0.0537. The zero-order valence-electron chi connectivity index (χ0n) is 23.2. The molecule has 0 unspecified atom stereocenters. The van der Waals surface area contributed by atoms with Crippen molar-refractivity contribution < 1.29 is 19.1 Å². The van der Waals surface area contributed by atoms with Crippen molar-refractivity contribution in [3.63, 3.8) is 0 Å². The molecule has 3 heterocycles. The van der Waals surface area contributed by atoms with Crippen molar-refractivity contribution in [3.8, 4) is 0 Å². The highest BCUT2D eigenvalue weighted by atomic mass is 16.5. The molecule has 2 aromatic rings. The van der Waals surface area contributed by atoms with E-state index in [1.165, 1.54) is 5.56 Å². The first-order chi connectivity index (χ1) is 19.5. The van der Waals surface area contributed by atoms with Gasteiger partial charge < -0.3 is 20.3 Å². The van der Waals surface area contributed by atoms with Crippen LogP contribution in [0, 0.1) is 11.3 Å². The molecule has 3 aliphatic rings. The smallest absolute Gasteiger partial charge is 0.243 e. The van der Waals surface area contributed by atoms with Gasteiger partial charge in [0.05, 0.1) is 5.41 Å². The molecular formula is C33H41N3O4. The number of ether oxygens (including phenoxy) is 1. The zero-order chi connectivity index (χ0) is 27.8. The number of rotatable bonds is 5. The van der Waals surface area contributed by atoms with Crippen LogP contribution in [0.2, 0.25) is 0 Å². The minimum atomic E-state index is -0.663. The number of amides is 3. The summed E-state index contributed by atoms with van der Waals surface area (Å²) >= 11 is 0. The molecule has 2 N–H and O–H groups in total. The number of aryl methyl sites for hydroxylation is 1.